The van der Waals surface area contributed by atoms with Crippen LogP contribution in [0.4, 0.5) is 11.4 Å². The zero-order chi connectivity index (χ0) is 28.7. The Kier molecular flexibility index (Phi) is 7.03. The van der Waals surface area contributed by atoms with Crippen molar-refractivity contribution >= 4 is 69.1 Å². The number of benzene rings is 4. The maximum atomic E-state index is 14.1. The van der Waals surface area contributed by atoms with Gasteiger partial charge < -0.3 is 4.57 Å². The number of hydrogen-bond donors (Lipinski definition) is 0. The molecule has 5 aromatic rings. The Morgan fingerprint density at radius 3 is 2.15 bits per heavy atom. The minimum absolute atomic E-state index is 0.0290. The third-order valence-corrected chi connectivity index (χ3v) is 8.16. The molecule has 41 heavy (non-hydrogen) atoms. The smallest absolute Gasteiger partial charge is 0.270 e. The summed E-state index contributed by atoms with van der Waals surface area (Å²) in [6.07, 6.45) is 3.64. The molecule has 1 aromatic heterocycles. The highest BCUT2D eigenvalue weighted by atomic mass is 35.5. The molecule has 0 saturated carbocycles. The molecular weight excluding hydrogens is 550 g/mol. The molecule has 1 fully saturated rings. The second-order valence-electron chi connectivity index (χ2n) is 10.0. The van der Waals surface area contributed by atoms with Crippen molar-refractivity contribution in [3.63, 3.8) is 0 Å². The Balaban J connectivity index is 1.51. The molecule has 1 saturated heterocycles. The molecule has 1 aliphatic heterocycles. The van der Waals surface area contributed by atoms with Crippen LogP contribution in [-0.2, 0) is 16.1 Å². The fourth-order valence-electron chi connectivity index (χ4n) is 5.11. The lowest BCUT2D eigenvalue weighted by Gasteiger charge is -2.36. The molecule has 7 heteroatoms. The molecule has 5 nitrogen and oxygen atoms in total. The second kappa shape index (κ2) is 10.8. The van der Waals surface area contributed by atoms with Gasteiger partial charge >= 0.3 is 0 Å². The number of thiocarbonyl (C=S) groups is 1. The van der Waals surface area contributed by atoms with Gasteiger partial charge in [-0.15, -0.1) is 0 Å². The van der Waals surface area contributed by atoms with Crippen LogP contribution >= 0.6 is 23.8 Å². The lowest BCUT2D eigenvalue weighted by molar-refractivity contribution is -0.120. The third-order valence-electron chi connectivity index (χ3n) is 7.43. The first kappa shape index (κ1) is 26.7. The lowest BCUT2D eigenvalue weighted by Crippen LogP contribution is -2.57. The van der Waals surface area contributed by atoms with E-state index in [0.717, 1.165) is 33.2 Å². The number of carbonyl (C=O) groups excluding carboxylic acids is 2. The number of anilines is 2. The molecule has 1 aliphatic rings. The summed E-state index contributed by atoms with van der Waals surface area (Å²) in [6.45, 7) is 4.54. The molecule has 2 amide bonds. The maximum absolute atomic E-state index is 14.1. The Bertz CT molecular complexity index is 1880. The van der Waals surface area contributed by atoms with E-state index in [1.807, 2.05) is 117 Å². The summed E-state index contributed by atoms with van der Waals surface area (Å²) < 4.78 is 2.08. The van der Waals surface area contributed by atoms with Gasteiger partial charge in [0.25, 0.3) is 11.8 Å². The highest BCUT2D eigenvalue weighted by Crippen LogP contribution is 2.32. The predicted molar refractivity (Wildman–Crippen MR) is 170 cm³/mol. The van der Waals surface area contributed by atoms with Gasteiger partial charge in [-0.25, -0.2) is 0 Å². The summed E-state index contributed by atoms with van der Waals surface area (Å²) in [6, 6.07) is 30.6. The van der Waals surface area contributed by atoms with E-state index in [-0.39, 0.29) is 10.7 Å². The number of halogens is 1. The summed E-state index contributed by atoms with van der Waals surface area (Å²) in [5, 5.41) is 1.72. The standard InChI is InChI=1S/C34H26ClN3O2S/c1-22-16-17-27(18-23(22)2)38-33(40)29(32(39)37(34(38)41)26-11-4-3-5-12-26)19-25-21-36(31-15-9-7-13-28(25)31)20-24-10-6-8-14-30(24)35/h3-19,21H,20H2,1-2H3. The Morgan fingerprint density at radius 1 is 0.756 bits per heavy atom. The molecule has 4 aromatic carbocycles. The van der Waals surface area contributed by atoms with E-state index in [0.29, 0.717) is 22.9 Å². The number of hydrogen-bond acceptors (Lipinski definition) is 3. The van der Waals surface area contributed by atoms with Crippen LogP contribution in [0.3, 0.4) is 0 Å². The van der Waals surface area contributed by atoms with E-state index in [2.05, 4.69) is 4.57 Å². The fraction of sp³-hybridized carbons (Fsp3) is 0.0882. The first-order valence-corrected chi connectivity index (χ1v) is 14.0. The molecule has 0 bridgehead atoms. The number of para-hydroxylation sites is 2. The highest BCUT2D eigenvalue weighted by Gasteiger charge is 2.41. The Labute approximate surface area is 248 Å². The van der Waals surface area contributed by atoms with E-state index >= 15 is 0 Å². The molecule has 2 heterocycles. The monoisotopic (exact) mass is 575 g/mol. The molecule has 202 valence electrons. The molecule has 6 rings (SSSR count). The van der Waals surface area contributed by atoms with Gasteiger partial charge in [-0.05, 0) is 85.2 Å². The van der Waals surface area contributed by atoms with Crippen LogP contribution in [0.1, 0.15) is 22.3 Å². The zero-order valence-electron chi connectivity index (χ0n) is 22.5. The van der Waals surface area contributed by atoms with Crippen molar-refractivity contribution in [3.8, 4) is 0 Å². The van der Waals surface area contributed by atoms with Crippen molar-refractivity contribution in [2.24, 2.45) is 0 Å². The number of nitrogens with zero attached hydrogens (tertiary/aromatic N) is 3. The maximum Gasteiger partial charge on any atom is 0.270 e. The van der Waals surface area contributed by atoms with E-state index in [1.54, 1.807) is 6.08 Å². The van der Waals surface area contributed by atoms with Crippen LogP contribution < -0.4 is 9.80 Å². The normalized spacial score (nSPS) is 14.9. The van der Waals surface area contributed by atoms with Crippen molar-refractivity contribution in [2.75, 3.05) is 9.80 Å². The van der Waals surface area contributed by atoms with Crippen molar-refractivity contribution in [2.45, 2.75) is 20.4 Å². The number of amides is 2. The van der Waals surface area contributed by atoms with Crippen molar-refractivity contribution < 1.29 is 9.59 Å². The number of carbonyl (C=O) groups is 2. The molecule has 0 N–H and O–H groups in total. The topological polar surface area (TPSA) is 45.6 Å². The number of fused-ring (bicyclic) bond motifs is 1. The summed E-state index contributed by atoms with van der Waals surface area (Å²) >= 11 is 12.3. The average Bonchev–Trinajstić information content (AvgIpc) is 3.32. The second-order valence-corrected chi connectivity index (χ2v) is 10.8. The van der Waals surface area contributed by atoms with Crippen LogP contribution in [0.5, 0.6) is 0 Å². The Morgan fingerprint density at radius 2 is 1.41 bits per heavy atom. The highest BCUT2D eigenvalue weighted by molar-refractivity contribution is 7.81. The summed E-state index contributed by atoms with van der Waals surface area (Å²) in [5.74, 6) is -0.924. The summed E-state index contributed by atoms with van der Waals surface area (Å²) in [5.41, 5.74) is 6.06. The number of rotatable bonds is 5. The van der Waals surface area contributed by atoms with Crippen LogP contribution in [0.25, 0.3) is 17.0 Å². The quantitative estimate of drug-likeness (QED) is 0.122. The first-order chi connectivity index (χ1) is 19.8. The van der Waals surface area contributed by atoms with Gasteiger partial charge in [-0.2, -0.15) is 0 Å². The lowest BCUT2D eigenvalue weighted by atomic mass is 10.0. The van der Waals surface area contributed by atoms with Gasteiger partial charge in [-0.3, -0.25) is 19.4 Å². The van der Waals surface area contributed by atoms with E-state index in [1.165, 1.54) is 9.80 Å². The predicted octanol–water partition coefficient (Wildman–Crippen LogP) is 7.71. The van der Waals surface area contributed by atoms with Gasteiger partial charge in [0, 0.05) is 34.2 Å². The summed E-state index contributed by atoms with van der Waals surface area (Å²) in [7, 11) is 0. The largest absolute Gasteiger partial charge is 0.342 e. The van der Waals surface area contributed by atoms with Crippen LogP contribution in [-0.4, -0.2) is 21.5 Å². The minimum atomic E-state index is -0.464. The van der Waals surface area contributed by atoms with Crippen molar-refractivity contribution in [1.82, 2.24) is 4.57 Å². The van der Waals surface area contributed by atoms with Crippen LogP contribution in [0, 0.1) is 13.8 Å². The fourth-order valence-corrected chi connectivity index (χ4v) is 5.69. The molecule has 0 radical (unpaired) electrons. The first-order valence-electron chi connectivity index (χ1n) is 13.2. The van der Waals surface area contributed by atoms with Gasteiger partial charge in [0.1, 0.15) is 5.57 Å². The number of aryl methyl sites for hydroxylation is 2. The number of aromatic nitrogens is 1. The van der Waals surface area contributed by atoms with Crippen LogP contribution in [0.2, 0.25) is 5.02 Å². The van der Waals surface area contributed by atoms with E-state index < -0.39 is 11.8 Å². The third kappa shape index (κ3) is 4.86. The SMILES string of the molecule is Cc1ccc(N2C(=O)C(=Cc3cn(Cc4ccccc4Cl)c4ccccc34)C(=O)N(c3ccccc3)C2=S)cc1C. The van der Waals surface area contributed by atoms with Gasteiger partial charge in [0.15, 0.2) is 5.11 Å². The molecule has 0 atom stereocenters. The van der Waals surface area contributed by atoms with Crippen molar-refractivity contribution in [3.05, 3.63) is 136 Å². The zero-order valence-corrected chi connectivity index (χ0v) is 24.1. The van der Waals surface area contributed by atoms with Crippen LogP contribution in [0.15, 0.2) is 109 Å². The summed E-state index contributed by atoms with van der Waals surface area (Å²) in [4.78, 5) is 31.0. The van der Waals surface area contributed by atoms with Gasteiger partial charge in [0.05, 0.1) is 11.4 Å². The molecular formula is C34H26ClN3O2S. The van der Waals surface area contributed by atoms with Gasteiger partial charge in [0.2, 0.25) is 0 Å². The molecule has 0 unspecified atom stereocenters. The molecule has 0 spiro atoms. The van der Waals surface area contributed by atoms with E-state index in [4.69, 9.17) is 23.8 Å². The van der Waals surface area contributed by atoms with Gasteiger partial charge in [-0.1, -0.05) is 72.3 Å². The average molecular weight is 576 g/mol. The Hall–Kier alpha value is -4.52. The molecule has 0 aliphatic carbocycles. The van der Waals surface area contributed by atoms with E-state index in [9.17, 15) is 9.59 Å². The van der Waals surface area contributed by atoms with Crippen molar-refractivity contribution in [1.29, 1.82) is 0 Å². The minimum Gasteiger partial charge on any atom is -0.342 e.